The van der Waals surface area contributed by atoms with Crippen LogP contribution in [0.3, 0.4) is 0 Å². The van der Waals surface area contributed by atoms with E-state index in [1.165, 1.54) is 12.1 Å². The molecule has 0 saturated heterocycles. The second kappa shape index (κ2) is 10.6. The molecule has 0 atom stereocenters. The Kier molecular flexibility index (Phi) is 8.16. The van der Waals surface area contributed by atoms with Crippen LogP contribution in [0.15, 0.2) is 60.7 Å². The SMILES string of the molecule is CC(C)(C)c1cc(OC(=O)c2ccc(C(F)(F)F)cc2)c(C(C)(C)C)cc1OC(=O)c1ccc(C(F)(F)F)cc1. The maximum Gasteiger partial charge on any atom is 0.416 e. The first-order valence-corrected chi connectivity index (χ1v) is 12.2. The van der Waals surface area contributed by atoms with Crippen molar-refractivity contribution in [1.29, 1.82) is 0 Å². The summed E-state index contributed by atoms with van der Waals surface area (Å²) in [5.74, 6) is -1.52. The Labute approximate surface area is 227 Å². The number of ether oxygens (including phenoxy) is 2. The molecule has 40 heavy (non-hydrogen) atoms. The number of hydrogen-bond acceptors (Lipinski definition) is 4. The van der Waals surface area contributed by atoms with Gasteiger partial charge in [0.15, 0.2) is 0 Å². The van der Waals surface area contributed by atoms with Gasteiger partial charge < -0.3 is 9.47 Å². The summed E-state index contributed by atoms with van der Waals surface area (Å²) in [6, 6.07) is 10.3. The van der Waals surface area contributed by atoms with Crippen molar-refractivity contribution >= 4 is 11.9 Å². The maximum absolute atomic E-state index is 12.9. The van der Waals surface area contributed by atoms with E-state index in [1.54, 1.807) is 0 Å². The minimum absolute atomic E-state index is 0.0945. The van der Waals surface area contributed by atoms with Crippen LogP contribution in [0.1, 0.15) is 84.5 Å². The van der Waals surface area contributed by atoms with Gasteiger partial charge >= 0.3 is 24.3 Å². The first kappa shape index (κ1) is 30.7. The van der Waals surface area contributed by atoms with Gasteiger partial charge in [-0.25, -0.2) is 9.59 Å². The average molecular weight is 567 g/mol. The Hall–Kier alpha value is -3.82. The van der Waals surface area contributed by atoms with Gasteiger partial charge in [0.1, 0.15) is 11.5 Å². The third-order valence-corrected chi connectivity index (χ3v) is 6.00. The molecule has 0 radical (unpaired) electrons. The molecule has 4 nitrogen and oxygen atoms in total. The van der Waals surface area contributed by atoms with Crippen LogP contribution in [0.25, 0.3) is 0 Å². The van der Waals surface area contributed by atoms with Crippen molar-refractivity contribution in [1.82, 2.24) is 0 Å². The minimum atomic E-state index is -4.56. The van der Waals surface area contributed by atoms with Gasteiger partial charge in [0.25, 0.3) is 0 Å². The third kappa shape index (κ3) is 7.22. The van der Waals surface area contributed by atoms with Crippen molar-refractivity contribution in [3.63, 3.8) is 0 Å². The molecule has 0 spiro atoms. The lowest BCUT2D eigenvalue weighted by molar-refractivity contribution is -0.138. The van der Waals surface area contributed by atoms with Gasteiger partial charge in [-0.05, 0) is 71.5 Å². The van der Waals surface area contributed by atoms with E-state index in [-0.39, 0.29) is 22.6 Å². The fraction of sp³-hybridized carbons (Fsp3) is 0.333. The molecule has 3 aromatic rings. The molecule has 0 aliphatic rings. The molecular weight excluding hydrogens is 538 g/mol. The van der Waals surface area contributed by atoms with E-state index in [0.29, 0.717) is 11.1 Å². The third-order valence-electron chi connectivity index (χ3n) is 6.00. The number of halogens is 6. The number of hydrogen-bond donors (Lipinski definition) is 0. The standard InChI is InChI=1S/C30H28F6O4/c1-27(2,3)21-15-24(40-26(38)18-9-13-20(14-10-18)30(34,35)36)22(28(4,5)6)16-23(21)39-25(37)17-7-11-19(12-8-17)29(31,32)33/h7-16H,1-6H3. The zero-order valence-electron chi connectivity index (χ0n) is 22.7. The lowest BCUT2D eigenvalue weighted by Crippen LogP contribution is -2.21. The van der Waals surface area contributed by atoms with E-state index >= 15 is 0 Å². The molecule has 214 valence electrons. The van der Waals surface area contributed by atoms with Crippen molar-refractivity contribution in [3.05, 3.63) is 94.0 Å². The fourth-order valence-corrected chi connectivity index (χ4v) is 3.81. The first-order chi connectivity index (χ1) is 18.2. The number of rotatable bonds is 4. The Balaban J connectivity index is 2.01. The average Bonchev–Trinajstić information content (AvgIpc) is 2.82. The monoisotopic (exact) mass is 566 g/mol. The van der Waals surface area contributed by atoms with Crippen molar-refractivity contribution in [3.8, 4) is 11.5 Å². The molecule has 10 heteroatoms. The highest BCUT2D eigenvalue weighted by Gasteiger charge is 2.32. The fourth-order valence-electron chi connectivity index (χ4n) is 3.81. The summed E-state index contributed by atoms with van der Waals surface area (Å²) in [5.41, 5.74) is -2.40. The summed E-state index contributed by atoms with van der Waals surface area (Å²) in [6.45, 7) is 10.9. The normalized spacial score (nSPS) is 12.7. The van der Waals surface area contributed by atoms with E-state index < -0.39 is 46.2 Å². The second-order valence-corrected chi connectivity index (χ2v) is 11.3. The number of esters is 2. The number of alkyl halides is 6. The summed E-state index contributed by atoms with van der Waals surface area (Å²) < 4.78 is 88.8. The van der Waals surface area contributed by atoms with Gasteiger partial charge in [0.2, 0.25) is 0 Å². The predicted molar refractivity (Wildman–Crippen MR) is 137 cm³/mol. The molecule has 0 amide bonds. The maximum atomic E-state index is 12.9. The van der Waals surface area contributed by atoms with Gasteiger partial charge in [-0.3, -0.25) is 0 Å². The van der Waals surface area contributed by atoms with Crippen LogP contribution < -0.4 is 9.47 Å². The Morgan fingerprint density at radius 2 is 0.800 bits per heavy atom. The molecule has 3 rings (SSSR count). The van der Waals surface area contributed by atoms with Crippen molar-refractivity contribution in [2.45, 2.75) is 64.7 Å². The van der Waals surface area contributed by atoms with Crippen molar-refractivity contribution < 1.29 is 45.4 Å². The van der Waals surface area contributed by atoms with Crippen LogP contribution >= 0.6 is 0 Å². The summed E-state index contributed by atoms with van der Waals surface area (Å²) in [4.78, 5) is 25.8. The lowest BCUT2D eigenvalue weighted by Gasteiger charge is -2.28. The lowest BCUT2D eigenvalue weighted by atomic mass is 9.81. The molecule has 0 aliphatic heterocycles. The molecule has 0 saturated carbocycles. The molecule has 0 heterocycles. The molecule has 0 aliphatic carbocycles. The van der Waals surface area contributed by atoms with Crippen molar-refractivity contribution in [2.75, 3.05) is 0 Å². The van der Waals surface area contributed by atoms with Gasteiger partial charge in [-0.15, -0.1) is 0 Å². The molecular formula is C30H28F6O4. The van der Waals surface area contributed by atoms with Crippen LogP contribution in [-0.4, -0.2) is 11.9 Å². The van der Waals surface area contributed by atoms with E-state index in [1.807, 2.05) is 41.5 Å². The highest BCUT2D eigenvalue weighted by molar-refractivity contribution is 5.92. The van der Waals surface area contributed by atoms with Crippen molar-refractivity contribution in [2.24, 2.45) is 0 Å². The second-order valence-electron chi connectivity index (χ2n) is 11.3. The zero-order valence-corrected chi connectivity index (χ0v) is 22.7. The largest absolute Gasteiger partial charge is 0.423 e. The zero-order chi connectivity index (χ0) is 30.3. The molecule has 0 bridgehead atoms. The van der Waals surface area contributed by atoms with Gasteiger partial charge in [-0.1, -0.05) is 41.5 Å². The van der Waals surface area contributed by atoms with Crippen LogP contribution in [0, 0.1) is 0 Å². The predicted octanol–water partition coefficient (Wildman–Crippen LogP) is 8.76. The smallest absolute Gasteiger partial charge is 0.416 e. The molecule has 3 aromatic carbocycles. The van der Waals surface area contributed by atoms with Crippen LogP contribution in [0.2, 0.25) is 0 Å². The van der Waals surface area contributed by atoms with E-state index in [0.717, 1.165) is 48.5 Å². The summed E-state index contributed by atoms with van der Waals surface area (Å²) in [6.07, 6.45) is -9.12. The molecule has 0 unspecified atom stereocenters. The van der Waals surface area contributed by atoms with Gasteiger partial charge in [0, 0.05) is 11.1 Å². The van der Waals surface area contributed by atoms with Crippen LogP contribution in [0.5, 0.6) is 11.5 Å². The number of benzene rings is 3. The Bertz CT molecular complexity index is 1280. The molecule has 0 fully saturated rings. The number of carbonyl (C=O) groups is 2. The first-order valence-electron chi connectivity index (χ1n) is 12.2. The number of carbonyl (C=O) groups excluding carboxylic acids is 2. The van der Waals surface area contributed by atoms with Gasteiger partial charge in [-0.2, -0.15) is 26.3 Å². The minimum Gasteiger partial charge on any atom is -0.423 e. The van der Waals surface area contributed by atoms with Crippen LogP contribution in [-0.2, 0) is 23.2 Å². The quantitative estimate of drug-likeness (QED) is 0.180. The Morgan fingerprint density at radius 1 is 0.525 bits per heavy atom. The highest BCUT2D eigenvalue weighted by atomic mass is 19.4. The van der Waals surface area contributed by atoms with E-state index in [2.05, 4.69) is 0 Å². The summed E-state index contributed by atoms with van der Waals surface area (Å²) >= 11 is 0. The highest BCUT2D eigenvalue weighted by Crippen LogP contribution is 2.42. The summed E-state index contributed by atoms with van der Waals surface area (Å²) in [5, 5.41) is 0. The Morgan fingerprint density at radius 3 is 1.02 bits per heavy atom. The van der Waals surface area contributed by atoms with E-state index in [9.17, 15) is 35.9 Å². The summed E-state index contributed by atoms with van der Waals surface area (Å²) in [7, 11) is 0. The molecule has 0 N–H and O–H groups in total. The van der Waals surface area contributed by atoms with Crippen LogP contribution in [0.4, 0.5) is 26.3 Å². The van der Waals surface area contributed by atoms with E-state index in [4.69, 9.17) is 9.47 Å². The van der Waals surface area contributed by atoms with Gasteiger partial charge in [0.05, 0.1) is 22.3 Å². The topological polar surface area (TPSA) is 52.6 Å². The molecule has 0 aromatic heterocycles.